The normalized spacial score (nSPS) is 15.5. The third-order valence-electron chi connectivity index (χ3n) is 5.88. The van der Waals surface area contributed by atoms with Gasteiger partial charge in [0.2, 0.25) is 0 Å². The molecule has 2 heterocycles. The molecule has 30 heavy (non-hydrogen) atoms. The minimum atomic E-state index is -0.452. The highest BCUT2D eigenvalue weighted by molar-refractivity contribution is 7.17. The van der Waals surface area contributed by atoms with E-state index in [2.05, 4.69) is 22.5 Å². The number of ether oxygens (including phenoxy) is 1. The van der Waals surface area contributed by atoms with Crippen molar-refractivity contribution in [1.29, 1.82) is 0 Å². The molecule has 1 aromatic carbocycles. The number of thiophene rings is 1. The third-order valence-corrected chi connectivity index (χ3v) is 7.07. The van der Waals surface area contributed by atoms with Crippen molar-refractivity contribution in [2.75, 3.05) is 11.9 Å². The quantitative estimate of drug-likeness (QED) is 0.610. The Hall–Kier alpha value is -2.93. The van der Waals surface area contributed by atoms with Gasteiger partial charge in [0.15, 0.2) is 6.61 Å². The number of rotatable bonds is 5. The Balaban J connectivity index is 1.22. The predicted molar refractivity (Wildman–Crippen MR) is 116 cm³/mol. The predicted octanol–water partition coefficient (Wildman–Crippen LogP) is 4.62. The molecule has 0 saturated heterocycles. The maximum Gasteiger partial charge on any atom is 0.348 e. The van der Waals surface area contributed by atoms with E-state index in [4.69, 9.17) is 4.74 Å². The fourth-order valence-electron chi connectivity index (χ4n) is 4.41. The molecule has 3 aromatic rings. The summed E-state index contributed by atoms with van der Waals surface area (Å²) in [6.07, 6.45) is 8.11. The molecule has 1 amide bonds. The topological polar surface area (TPSA) is 73.2 Å². The Labute approximate surface area is 178 Å². The lowest BCUT2D eigenvalue weighted by Crippen LogP contribution is -2.23. The highest BCUT2D eigenvalue weighted by Crippen LogP contribution is 2.39. The largest absolute Gasteiger partial charge is 0.451 e. The number of nitrogens with one attached hydrogen (secondary N) is 1. The number of amides is 1. The number of carbonyl (C=O) groups excluding carboxylic acids is 2. The number of nitrogens with zero attached hydrogens (tertiary/aromatic N) is 2. The molecular formula is C23H23N3O3S. The van der Waals surface area contributed by atoms with E-state index in [1.54, 1.807) is 12.3 Å². The molecule has 2 aliphatic carbocycles. The molecule has 0 unspecified atom stereocenters. The van der Waals surface area contributed by atoms with Crippen molar-refractivity contribution in [3.8, 4) is 10.4 Å². The SMILES string of the molecule is O=C(COC(=O)c1cc2c(s1)-c1ccccc1CC2)Nc1ccnn1C1CCCC1. The number of aromatic nitrogens is 2. The molecule has 2 aromatic heterocycles. The number of hydrogen-bond donors (Lipinski definition) is 1. The summed E-state index contributed by atoms with van der Waals surface area (Å²) in [6.45, 7) is -0.312. The molecular weight excluding hydrogens is 398 g/mol. The molecule has 2 aliphatic rings. The maximum absolute atomic E-state index is 12.5. The van der Waals surface area contributed by atoms with Crippen molar-refractivity contribution in [2.45, 2.75) is 44.6 Å². The summed E-state index contributed by atoms with van der Waals surface area (Å²) in [7, 11) is 0. The van der Waals surface area contributed by atoms with Crippen molar-refractivity contribution in [2.24, 2.45) is 0 Å². The van der Waals surface area contributed by atoms with Gasteiger partial charge in [0.1, 0.15) is 10.7 Å². The monoisotopic (exact) mass is 421 g/mol. The van der Waals surface area contributed by atoms with Crippen molar-refractivity contribution in [3.05, 3.63) is 58.6 Å². The number of carbonyl (C=O) groups is 2. The molecule has 6 nitrogen and oxygen atoms in total. The molecule has 1 saturated carbocycles. The first-order valence-corrected chi connectivity index (χ1v) is 11.2. The van der Waals surface area contributed by atoms with E-state index in [1.807, 2.05) is 22.9 Å². The zero-order valence-electron chi connectivity index (χ0n) is 16.6. The molecule has 0 atom stereocenters. The van der Waals surface area contributed by atoms with Gasteiger partial charge in [-0.3, -0.25) is 4.79 Å². The highest BCUT2D eigenvalue weighted by Gasteiger charge is 2.23. The lowest BCUT2D eigenvalue weighted by atomic mass is 9.91. The summed E-state index contributed by atoms with van der Waals surface area (Å²) in [5.41, 5.74) is 3.68. The molecule has 7 heteroatoms. The van der Waals surface area contributed by atoms with Crippen LogP contribution in [0.15, 0.2) is 42.6 Å². The Morgan fingerprint density at radius 3 is 2.80 bits per heavy atom. The van der Waals surface area contributed by atoms with Gasteiger partial charge in [0, 0.05) is 10.9 Å². The lowest BCUT2D eigenvalue weighted by molar-refractivity contribution is -0.119. The van der Waals surface area contributed by atoms with Crippen LogP contribution in [-0.2, 0) is 22.4 Å². The smallest absolute Gasteiger partial charge is 0.348 e. The van der Waals surface area contributed by atoms with Crippen LogP contribution in [0.3, 0.4) is 0 Å². The molecule has 0 aliphatic heterocycles. The van der Waals surface area contributed by atoms with E-state index in [-0.39, 0.29) is 12.5 Å². The van der Waals surface area contributed by atoms with Crippen LogP contribution < -0.4 is 5.32 Å². The average molecular weight is 422 g/mol. The zero-order valence-corrected chi connectivity index (χ0v) is 17.4. The van der Waals surface area contributed by atoms with E-state index in [1.165, 1.54) is 40.9 Å². The number of esters is 1. The molecule has 1 N–H and O–H groups in total. The first-order chi connectivity index (χ1) is 14.7. The van der Waals surface area contributed by atoms with E-state index in [0.29, 0.717) is 16.7 Å². The van der Waals surface area contributed by atoms with Gasteiger partial charge in [-0.2, -0.15) is 5.10 Å². The zero-order chi connectivity index (χ0) is 20.5. The summed E-state index contributed by atoms with van der Waals surface area (Å²) >= 11 is 1.44. The fraction of sp³-hybridized carbons (Fsp3) is 0.348. The van der Waals surface area contributed by atoms with Crippen LogP contribution in [0.5, 0.6) is 0 Å². The first-order valence-electron chi connectivity index (χ1n) is 10.4. The molecule has 154 valence electrons. The summed E-state index contributed by atoms with van der Waals surface area (Å²) in [5.74, 6) is -0.146. The van der Waals surface area contributed by atoms with E-state index in [0.717, 1.165) is 30.6 Å². The second-order valence-electron chi connectivity index (χ2n) is 7.85. The number of fused-ring (bicyclic) bond motifs is 3. The van der Waals surface area contributed by atoms with Crippen LogP contribution in [0.4, 0.5) is 5.82 Å². The second-order valence-corrected chi connectivity index (χ2v) is 8.90. The Bertz CT molecular complexity index is 1090. The minimum Gasteiger partial charge on any atom is -0.451 e. The number of anilines is 1. The highest BCUT2D eigenvalue weighted by atomic mass is 32.1. The van der Waals surface area contributed by atoms with Crippen LogP contribution in [0.25, 0.3) is 10.4 Å². The molecule has 0 bridgehead atoms. The van der Waals surface area contributed by atoms with Crippen LogP contribution in [0.2, 0.25) is 0 Å². The van der Waals surface area contributed by atoms with Gasteiger partial charge in [0.25, 0.3) is 5.91 Å². The molecule has 0 spiro atoms. The lowest BCUT2D eigenvalue weighted by Gasteiger charge is -2.15. The van der Waals surface area contributed by atoms with Crippen LogP contribution in [-0.4, -0.2) is 28.3 Å². The van der Waals surface area contributed by atoms with Gasteiger partial charge in [-0.25, -0.2) is 9.48 Å². The first kappa shape index (κ1) is 19.1. The fourth-order valence-corrected chi connectivity index (χ4v) is 5.57. The third kappa shape index (κ3) is 3.65. The molecule has 5 rings (SSSR count). The van der Waals surface area contributed by atoms with E-state index in [9.17, 15) is 9.59 Å². The van der Waals surface area contributed by atoms with Gasteiger partial charge in [-0.05, 0) is 48.4 Å². The van der Waals surface area contributed by atoms with Gasteiger partial charge < -0.3 is 10.1 Å². The average Bonchev–Trinajstić information content (AvgIpc) is 3.51. The van der Waals surface area contributed by atoms with E-state index >= 15 is 0 Å². The van der Waals surface area contributed by atoms with Gasteiger partial charge in [-0.15, -0.1) is 11.3 Å². The van der Waals surface area contributed by atoms with Crippen LogP contribution in [0.1, 0.15) is 52.5 Å². The Morgan fingerprint density at radius 2 is 1.93 bits per heavy atom. The minimum absolute atomic E-state index is 0.312. The standard InChI is InChI=1S/C23H23N3O3S/c27-21(25-20-11-12-24-26(20)17-6-2-3-7-17)14-29-23(28)19-13-16-10-9-15-5-1-4-8-18(15)22(16)30-19/h1,4-5,8,11-13,17H,2-3,6-7,9-10,14H2,(H,25,27). The molecule has 0 radical (unpaired) electrons. The number of hydrogen-bond acceptors (Lipinski definition) is 5. The van der Waals surface area contributed by atoms with Gasteiger partial charge in [0.05, 0.1) is 12.2 Å². The van der Waals surface area contributed by atoms with E-state index < -0.39 is 5.97 Å². The Kier molecular flexibility index (Phi) is 5.12. The van der Waals surface area contributed by atoms with Gasteiger partial charge >= 0.3 is 5.97 Å². The van der Waals surface area contributed by atoms with Crippen LogP contribution >= 0.6 is 11.3 Å². The number of benzene rings is 1. The summed E-state index contributed by atoms with van der Waals surface area (Å²) in [4.78, 5) is 26.6. The second kappa shape index (κ2) is 8.07. The van der Waals surface area contributed by atoms with Gasteiger partial charge in [-0.1, -0.05) is 37.1 Å². The summed E-state index contributed by atoms with van der Waals surface area (Å²) in [6, 6.07) is 12.3. The van der Waals surface area contributed by atoms with Crippen molar-refractivity contribution in [1.82, 2.24) is 9.78 Å². The molecule has 1 fully saturated rings. The summed E-state index contributed by atoms with van der Waals surface area (Å²) in [5, 5.41) is 7.17. The Morgan fingerprint density at radius 1 is 1.13 bits per heavy atom. The van der Waals surface area contributed by atoms with Crippen molar-refractivity contribution < 1.29 is 14.3 Å². The van der Waals surface area contributed by atoms with Crippen LogP contribution in [0, 0.1) is 0 Å². The van der Waals surface area contributed by atoms with Crippen molar-refractivity contribution >= 4 is 29.0 Å². The maximum atomic E-state index is 12.5. The summed E-state index contributed by atoms with van der Waals surface area (Å²) < 4.78 is 7.17. The van der Waals surface area contributed by atoms with Crippen molar-refractivity contribution in [3.63, 3.8) is 0 Å². The number of aryl methyl sites for hydroxylation is 2.